The molecule has 0 unspecified atom stereocenters. The standard InChI is InChI=1S/C10H11O2.3ClH.Sn/c1-3-10(11)12-9-6-4-8(2)5-7-9;;;;/h4-7H,1,3H2,2H3;3*1H;/q;;;;+3/p-3. The van der Waals surface area contributed by atoms with Gasteiger partial charge in [0.15, 0.2) is 0 Å². The van der Waals surface area contributed by atoms with Crippen molar-refractivity contribution in [1.82, 2.24) is 0 Å². The summed E-state index contributed by atoms with van der Waals surface area (Å²) >= 11 is -3.41. The Morgan fingerprint density at radius 1 is 1.25 bits per heavy atom. The van der Waals surface area contributed by atoms with E-state index in [-0.39, 0.29) is 12.4 Å². The fourth-order valence-electron chi connectivity index (χ4n) is 1.03. The number of carbonyl (C=O) groups excluding carboxylic acids is 1. The molecule has 0 saturated heterocycles. The van der Waals surface area contributed by atoms with Crippen LogP contribution in [0.4, 0.5) is 0 Å². The van der Waals surface area contributed by atoms with Gasteiger partial charge in [0.2, 0.25) is 0 Å². The maximum atomic E-state index is 11.4. The zero-order valence-electron chi connectivity index (χ0n) is 8.67. The Bertz CT molecular complexity index is 359. The number of benzene rings is 1. The predicted octanol–water partition coefficient (Wildman–Crippen LogP) is 3.95. The molecule has 0 bridgehead atoms. The monoisotopic (exact) mass is 388 g/mol. The molecule has 1 aromatic rings. The number of esters is 1. The molecule has 0 spiro atoms. The first-order valence-corrected chi connectivity index (χ1v) is 17.6. The number of hydrogen-bond acceptors (Lipinski definition) is 2. The third-order valence-corrected chi connectivity index (χ3v) is 8.00. The molecular weight excluding hydrogens is 377 g/mol. The summed E-state index contributed by atoms with van der Waals surface area (Å²) in [5, 5.41) is 0. The van der Waals surface area contributed by atoms with Crippen LogP contribution in [0, 0.1) is 6.92 Å². The molecule has 0 fully saturated rings. The number of halogens is 3. The molecule has 1 aromatic carbocycles. The fourth-order valence-corrected chi connectivity index (χ4v) is 4.33. The van der Waals surface area contributed by atoms with Crippen molar-refractivity contribution in [3.8, 4) is 5.75 Å². The first-order valence-electron chi connectivity index (χ1n) is 4.71. The normalized spacial score (nSPS) is 11.2. The van der Waals surface area contributed by atoms with Crippen molar-refractivity contribution in [2.75, 3.05) is 0 Å². The quantitative estimate of drug-likeness (QED) is 0.444. The van der Waals surface area contributed by atoms with Gasteiger partial charge in [-0.05, 0) is 0 Å². The minimum absolute atomic E-state index is 0.167. The molecule has 6 heteroatoms. The Morgan fingerprint density at radius 3 is 2.31 bits per heavy atom. The van der Waals surface area contributed by atoms with E-state index in [1.54, 1.807) is 12.1 Å². The van der Waals surface area contributed by atoms with E-state index in [0.29, 0.717) is 10.2 Å². The van der Waals surface area contributed by atoms with Crippen molar-refractivity contribution < 1.29 is 9.53 Å². The molecule has 0 saturated carbocycles. The zero-order valence-corrected chi connectivity index (χ0v) is 13.8. The molecule has 0 aliphatic carbocycles. The average molecular weight is 388 g/mol. The Kier molecular flexibility index (Phi) is 5.71. The van der Waals surface area contributed by atoms with Crippen molar-refractivity contribution in [1.29, 1.82) is 0 Å². The SMILES string of the molecule is Cc1ccc(OC(=O)C[CH2][Sn]([Cl])([Cl])[Cl])cc1. The molecule has 0 heterocycles. The summed E-state index contributed by atoms with van der Waals surface area (Å²) in [5.41, 5.74) is 1.11. The van der Waals surface area contributed by atoms with E-state index in [2.05, 4.69) is 0 Å². The number of rotatable bonds is 4. The summed E-state index contributed by atoms with van der Waals surface area (Å²) in [7, 11) is 17.2. The Hall–Kier alpha value is 0.359. The van der Waals surface area contributed by atoms with Gasteiger partial charge in [-0.25, -0.2) is 0 Å². The van der Waals surface area contributed by atoms with Gasteiger partial charge in [0, 0.05) is 0 Å². The van der Waals surface area contributed by atoms with E-state index >= 15 is 0 Å². The average Bonchev–Trinajstić information content (AvgIpc) is 2.18. The van der Waals surface area contributed by atoms with Crippen molar-refractivity contribution >= 4 is 47.7 Å². The molecular formula is C10H11Cl3O2Sn. The molecule has 0 radical (unpaired) electrons. The summed E-state index contributed by atoms with van der Waals surface area (Å²) < 4.78 is 5.43. The van der Waals surface area contributed by atoms with E-state index in [4.69, 9.17) is 31.5 Å². The van der Waals surface area contributed by atoms with Crippen LogP contribution in [0.3, 0.4) is 0 Å². The van der Waals surface area contributed by atoms with Crippen LogP contribution >= 0.6 is 26.8 Å². The van der Waals surface area contributed by atoms with Crippen LogP contribution in [0.2, 0.25) is 4.44 Å². The van der Waals surface area contributed by atoms with Crippen LogP contribution in [0.5, 0.6) is 5.75 Å². The second kappa shape index (κ2) is 6.33. The second-order valence-electron chi connectivity index (χ2n) is 3.40. The molecule has 0 aliphatic rings. The summed E-state index contributed by atoms with van der Waals surface area (Å²) in [6.07, 6.45) is 0.167. The van der Waals surface area contributed by atoms with E-state index in [1.807, 2.05) is 19.1 Å². The summed E-state index contributed by atoms with van der Waals surface area (Å²) in [5.74, 6) is 0.169. The van der Waals surface area contributed by atoms with Gasteiger partial charge in [0.1, 0.15) is 0 Å². The summed E-state index contributed by atoms with van der Waals surface area (Å²) in [6.45, 7) is 1.96. The number of hydrogen-bond donors (Lipinski definition) is 0. The molecule has 0 aliphatic heterocycles. The van der Waals surface area contributed by atoms with Gasteiger partial charge in [-0.2, -0.15) is 0 Å². The minimum atomic E-state index is -3.41. The van der Waals surface area contributed by atoms with Crippen LogP contribution < -0.4 is 4.74 Å². The van der Waals surface area contributed by atoms with E-state index in [9.17, 15) is 4.79 Å². The number of aryl methyl sites for hydroxylation is 1. The first kappa shape index (κ1) is 14.4. The zero-order chi connectivity index (χ0) is 12.2. The number of carbonyl (C=O) groups is 1. The Balaban J connectivity index is 2.43. The van der Waals surface area contributed by atoms with E-state index in [1.165, 1.54) is 0 Å². The van der Waals surface area contributed by atoms with Gasteiger partial charge < -0.3 is 0 Å². The van der Waals surface area contributed by atoms with Crippen LogP contribution in [0.1, 0.15) is 12.0 Å². The van der Waals surface area contributed by atoms with E-state index in [0.717, 1.165) is 5.56 Å². The molecule has 2 nitrogen and oxygen atoms in total. The fraction of sp³-hybridized carbons (Fsp3) is 0.300. The van der Waals surface area contributed by atoms with Crippen molar-refractivity contribution in [2.45, 2.75) is 17.8 Å². The van der Waals surface area contributed by atoms with Gasteiger partial charge >= 0.3 is 111 Å². The van der Waals surface area contributed by atoms with Gasteiger partial charge in [-0.3, -0.25) is 0 Å². The molecule has 0 aromatic heterocycles. The van der Waals surface area contributed by atoms with Crippen LogP contribution in [0.15, 0.2) is 24.3 Å². The van der Waals surface area contributed by atoms with Crippen LogP contribution in [-0.2, 0) is 4.79 Å². The maximum absolute atomic E-state index is 11.4. The molecule has 0 amide bonds. The van der Waals surface area contributed by atoms with Gasteiger partial charge in [-0.15, -0.1) is 0 Å². The van der Waals surface area contributed by atoms with Crippen molar-refractivity contribution in [3.63, 3.8) is 0 Å². The van der Waals surface area contributed by atoms with Crippen LogP contribution in [-0.4, -0.2) is 21.0 Å². The van der Waals surface area contributed by atoms with Crippen molar-refractivity contribution in [2.24, 2.45) is 0 Å². The summed E-state index contributed by atoms with van der Waals surface area (Å²) in [4.78, 5) is 11.4. The molecule has 16 heavy (non-hydrogen) atoms. The van der Waals surface area contributed by atoms with Crippen LogP contribution in [0.25, 0.3) is 0 Å². The van der Waals surface area contributed by atoms with E-state index < -0.39 is 15.0 Å². The third kappa shape index (κ3) is 6.18. The molecule has 88 valence electrons. The van der Waals surface area contributed by atoms with Gasteiger partial charge in [-0.1, -0.05) is 0 Å². The topological polar surface area (TPSA) is 26.3 Å². The second-order valence-corrected chi connectivity index (χ2v) is 25.2. The first-order chi connectivity index (χ1) is 7.37. The number of ether oxygens (including phenoxy) is 1. The predicted molar refractivity (Wildman–Crippen MR) is 69.6 cm³/mol. The molecule has 0 atom stereocenters. The molecule has 0 N–H and O–H groups in total. The Labute approximate surface area is 110 Å². The van der Waals surface area contributed by atoms with Gasteiger partial charge in [0.25, 0.3) is 0 Å². The van der Waals surface area contributed by atoms with Crippen molar-refractivity contribution in [3.05, 3.63) is 29.8 Å². The van der Waals surface area contributed by atoms with Gasteiger partial charge in [0.05, 0.1) is 0 Å². The Morgan fingerprint density at radius 2 is 1.81 bits per heavy atom. The summed E-state index contributed by atoms with van der Waals surface area (Å²) in [6, 6.07) is 7.23. The third-order valence-electron chi connectivity index (χ3n) is 1.87. The molecule has 1 rings (SSSR count).